The number of nitrogens with two attached hydrogens (primary N) is 1. The van der Waals surface area contributed by atoms with Gasteiger partial charge in [0.15, 0.2) is 5.82 Å². The summed E-state index contributed by atoms with van der Waals surface area (Å²) in [6.07, 6.45) is 5.85. The SMILES string of the molecule is Nc1[nH]ncc1-c1nc(CC2CCCCO2)no1. The fourth-order valence-corrected chi connectivity index (χ4v) is 2.08. The first kappa shape index (κ1) is 11.2. The van der Waals surface area contributed by atoms with E-state index in [1.165, 1.54) is 6.42 Å². The molecule has 0 bridgehead atoms. The Balaban J connectivity index is 1.71. The Bertz CT molecular complexity index is 515. The van der Waals surface area contributed by atoms with Crippen LogP contribution in [0.2, 0.25) is 0 Å². The first-order chi connectivity index (χ1) is 8.83. The molecule has 18 heavy (non-hydrogen) atoms. The van der Waals surface area contributed by atoms with Gasteiger partial charge in [0, 0.05) is 13.0 Å². The number of aromatic amines is 1. The van der Waals surface area contributed by atoms with Crippen LogP contribution in [-0.4, -0.2) is 33.0 Å². The number of ether oxygens (including phenoxy) is 1. The monoisotopic (exact) mass is 249 g/mol. The summed E-state index contributed by atoms with van der Waals surface area (Å²) in [4.78, 5) is 4.31. The van der Waals surface area contributed by atoms with Crippen LogP contribution in [-0.2, 0) is 11.2 Å². The maximum Gasteiger partial charge on any atom is 0.263 e. The van der Waals surface area contributed by atoms with Gasteiger partial charge in [0.2, 0.25) is 0 Å². The molecule has 1 saturated heterocycles. The van der Waals surface area contributed by atoms with E-state index in [9.17, 15) is 0 Å². The molecule has 0 aromatic carbocycles. The predicted octanol–water partition coefficient (Wildman–Crippen LogP) is 1.15. The smallest absolute Gasteiger partial charge is 0.263 e. The molecule has 0 spiro atoms. The summed E-state index contributed by atoms with van der Waals surface area (Å²) < 4.78 is 10.8. The van der Waals surface area contributed by atoms with Crippen LogP contribution < -0.4 is 5.73 Å². The van der Waals surface area contributed by atoms with Gasteiger partial charge in [-0.1, -0.05) is 5.16 Å². The zero-order chi connectivity index (χ0) is 12.4. The van der Waals surface area contributed by atoms with Crippen LogP contribution in [0.1, 0.15) is 25.1 Å². The molecule has 7 nitrogen and oxygen atoms in total. The normalized spacial score (nSPS) is 20.1. The second-order valence-corrected chi connectivity index (χ2v) is 4.41. The lowest BCUT2D eigenvalue weighted by Gasteiger charge is -2.20. The molecule has 1 atom stereocenters. The third kappa shape index (κ3) is 2.21. The lowest BCUT2D eigenvalue weighted by molar-refractivity contribution is 0.0153. The summed E-state index contributed by atoms with van der Waals surface area (Å²) >= 11 is 0. The number of rotatable bonds is 3. The van der Waals surface area contributed by atoms with Crippen LogP contribution >= 0.6 is 0 Å². The molecule has 0 aliphatic carbocycles. The molecule has 0 amide bonds. The van der Waals surface area contributed by atoms with Crippen molar-refractivity contribution in [3.63, 3.8) is 0 Å². The van der Waals surface area contributed by atoms with E-state index >= 15 is 0 Å². The highest BCUT2D eigenvalue weighted by Crippen LogP contribution is 2.22. The Labute approximate surface area is 104 Å². The highest BCUT2D eigenvalue weighted by atomic mass is 16.5. The zero-order valence-corrected chi connectivity index (χ0v) is 9.93. The lowest BCUT2D eigenvalue weighted by atomic mass is 10.1. The van der Waals surface area contributed by atoms with Crippen molar-refractivity contribution in [1.29, 1.82) is 0 Å². The summed E-state index contributed by atoms with van der Waals surface area (Å²) in [5.74, 6) is 1.48. The number of nitrogens with zero attached hydrogens (tertiary/aromatic N) is 3. The molecule has 1 aliphatic heterocycles. The van der Waals surface area contributed by atoms with Gasteiger partial charge < -0.3 is 15.0 Å². The van der Waals surface area contributed by atoms with Gasteiger partial charge in [-0.25, -0.2) is 0 Å². The molecule has 2 aromatic heterocycles. The maximum atomic E-state index is 5.70. The largest absolute Gasteiger partial charge is 0.383 e. The van der Waals surface area contributed by atoms with Crippen molar-refractivity contribution in [2.75, 3.05) is 12.3 Å². The molecular formula is C11H15N5O2. The van der Waals surface area contributed by atoms with E-state index in [1.807, 2.05) is 0 Å². The number of aromatic nitrogens is 4. The Morgan fingerprint density at radius 1 is 1.44 bits per heavy atom. The minimum atomic E-state index is 0.200. The molecule has 1 unspecified atom stereocenters. The Kier molecular flexibility index (Phi) is 2.97. The summed E-state index contributed by atoms with van der Waals surface area (Å²) in [5.41, 5.74) is 6.33. The van der Waals surface area contributed by atoms with E-state index in [0.717, 1.165) is 19.4 Å². The van der Waals surface area contributed by atoms with Crippen LogP contribution in [0.5, 0.6) is 0 Å². The average molecular weight is 249 g/mol. The molecule has 2 aromatic rings. The summed E-state index contributed by atoms with van der Waals surface area (Å²) in [6.45, 7) is 0.823. The molecule has 3 N–H and O–H groups in total. The number of nitrogen functional groups attached to an aromatic ring is 1. The number of hydrogen-bond donors (Lipinski definition) is 2. The maximum absolute atomic E-state index is 5.70. The number of H-pyrrole nitrogens is 1. The predicted molar refractivity (Wildman–Crippen MR) is 63.6 cm³/mol. The van der Waals surface area contributed by atoms with E-state index < -0.39 is 0 Å². The van der Waals surface area contributed by atoms with E-state index in [4.69, 9.17) is 15.0 Å². The lowest BCUT2D eigenvalue weighted by Crippen LogP contribution is -2.21. The molecule has 0 saturated carbocycles. The third-order valence-corrected chi connectivity index (χ3v) is 3.05. The molecular weight excluding hydrogens is 234 g/mol. The zero-order valence-electron chi connectivity index (χ0n) is 9.93. The highest BCUT2D eigenvalue weighted by molar-refractivity contribution is 5.65. The molecule has 1 fully saturated rings. The molecule has 3 heterocycles. The topological polar surface area (TPSA) is 103 Å². The van der Waals surface area contributed by atoms with Crippen molar-refractivity contribution in [2.24, 2.45) is 0 Å². The highest BCUT2D eigenvalue weighted by Gasteiger charge is 2.19. The van der Waals surface area contributed by atoms with Gasteiger partial charge in [-0.3, -0.25) is 5.10 Å². The van der Waals surface area contributed by atoms with Crippen LogP contribution in [0.4, 0.5) is 5.82 Å². The van der Waals surface area contributed by atoms with Crippen molar-refractivity contribution in [1.82, 2.24) is 20.3 Å². The van der Waals surface area contributed by atoms with E-state index in [2.05, 4.69) is 20.3 Å². The quantitative estimate of drug-likeness (QED) is 0.845. The van der Waals surface area contributed by atoms with Gasteiger partial charge in [0.05, 0.1) is 12.3 Å². The first-order valence-electron chi connectivity index (χ1n) is 6.06. The second kappa shape index (κ2) is 4.77. The first-order valence-corrected chi connectivity index (χ1v) is 6.06. The van der Waals surface area contributed by atoms with Crippen molar-refractivity contribution in [3.05, 3.63) is 12.0 Å². The van der Waals surface area contributed by atoms with Crippen molar-refractivity contribution >= 4 is 5.82 Å². The summed E-state index contributed by atoms with van der Waals surface area (Å²) in [6, 6.07) is 0. The van der Waals surface area contributed by atoms with E-state index in [1.54, 1.807) is 6.20 Å². The fraction of sp³-hybridized carbons (Fsp3) is 0.545. The van der Waals surface area contributed by atoms with Crippen LogP contribution in [0.25, 0.3) is 11.5 Å². The third-order valence-electron chi connectivity index (χ3n) is 3.05. The minimum Gasteiger partial charge on any atom is -0.383 e. The number of nitrogens with one attached hydrogen (secondary N) is 1. The molecule has 1 aliphatic rings. The molecule has 0 radical (unpaired) electrons. The minimum absolute atomic E-state index is 0.200. The van der Waals surface area contributed by atoms with Crippen LogP contribution in [0.15, 0.2) is 10.7 Å². The van der Waals surface area contributed by atoms with Crippen molar-refractivity contribution in [2.45, 2.75) is 31.8 Å². The van der Waals surface area contributed by atoms with Crippen LogP contribution in [0.3, 0.4) is 0 Å². The van der Waals surface area contributed by atoms with Crippen molar-refractivity contribution in [3.8, 4) is 11.5 Å². The molecule has 3 rings (SSSR count). The Hall–Kier alpha value is -1.89. The average Bonchev–Trinajstić information content (AvgIpc) is 2.99. The molecule has 7 heteroatoms. The second-order valence-electron chi connectivity index (χ2n) is 4.41. The van der Waals surface area contributed by atoms with Gasteiger partial charge in [0.1, 0.15) is 11.4 Å². The number of anilines is 1. The van der Waals surface area contributed by atoms with Gasteiger partial charge in [-0.05, 0) is 19.3 Å². The number of hydrogen-bond acceptors (Lipinski definition) is 6. The fourth-order valence-electron chi connectivity index (χ4n) is 2.08. The Morgan fingerprint density at radius 3 is 3.11 bits per heavy atom. The van der Waals surface area contributed by atoms with Gasteiger partial charge in [-0.2, -0.15) is 10.1 Å². The Morgan fingerprint density at radius 2 is 2.39 bits per heavy atom. The van der Waals surface area contributed by atoms with Crippen molar-refractivity contribution < 1.29 is 9.26 Å². The van der Waals surface area contributed by atoms with E-state index in [0.29, 0.717) is 29.5 Å². The standard InChI is InChI=1S/C11H15N5O2/c12-10-8(6-13-15-10)11-14-9(16-18-11)5-7-3-1-2-4-17-7/h6-7H,1-5H2,(H3,12,13,15). The summed E-state index contributed by atoms with van der Waals surface area (Å²) in [7, 11) is 0. The molecule has 96 valence electrons. The summed E-state index contributed by atoms with van der Waals surface area (Å²) in [5, 5.41) is 10.4. The van der Waals surface area contributed by atoms with Crippen LogP contribution in [0, 0.1) is 0 Å². The van der Waals surface area contributed by atoms with Gasteiger partial charge in [-0.15, -0.1) is 0 Å². The van der Waals surface area contributed by atoms with Gasteiger partial charge in [0.25, 0.3) is 5.89 Å². The van der Waals surface area contributed by atoms with E-state index in [-0.39, 0.29) is 6.10 Å². The van der Waals surface area contributed by atoms with Gasteiger partial charge >= 0.3 is 0 Å².